The van der Waals surface area contributed by atoms with Crippen molar-refractivity contribution in [3.05, 3.63) is 125 Å². The first-order valence-corrected chi connectivity index (χ1v) is 9.38. The fourth-order valence-electron chi connectivity index (χ4n) is 3.94. The Kier molecular flexibility index (Phi) is 4.66. The van der Waals surface area contributed by atoms with Gasteiger partial charge in [-0.1, -0.05) is 91.0 Å². The molecular weight excluding hydrogens is 344 g/mol. The van der Waals surface area contributed by atoms with Crippen LogP contribution >= 0.6 is 0 Å². The van der Waals surface area contributed by atoms with Gasteiger partial charge in [0.25, 0.3) is 0 Å². The van der Waals surface area contributed by atoms with Gasteiger partial charge in [-0.3, -0.25) is 4.79 Å². The van der Waals surface area contributed by atoms with Crippen LogP contribution in [-0.4, -0.2) is 15.3 Å². The zero-order valence-electron chi connectivity index (χ0n) is 16.0. The summed E-state index contributed by atoms with van der Waals surface area (Å²) in [7, 11) is 0. The Balaban J connectivity index is 2.15. The van der Waals surface area contributed by atoms with Gasteiger partial charge in [0.2, 0.25) is 0 Å². The zero-order valence-corrected chi connectivity index (χ0v) is 16.0. The molecule has 3 aromatic carbocycles. The van der Waals surface area contributed by atoms with Gasteiger partial charge in [-0.25, -0.2) is 4.98 Å². The van der Waals surface area contributed by atoms with Gasteiger partial charge in [0.15, 0.2) is 5.78 Å². The lowest BCUT2D eigenvalue weighted by Gasteiger charge is -2.38. The number of benzene rings is 3. The molecule has 0 bridgehead atoms. The van der Waals surface area contributed by atoms with E-state index in [1.165, 1.54) is 0 Å². The Hall–Kier alpha value is -3.46. The van der Waals surface area contributed by atoms with Crippen molar-refractivity contribution in [3.63, 3.8) is 0 Å². The van der Waals surface area contributed by atoms with Crippen molar-refractivity contribution < 1.29 is 4.79 Å². The maximum Gasteiger partial charge on any atom is 0.179 e. The molecule has 0 radical (unpaired) electrons. The normalized spacial score (nSPS) is 11.4. The molecule has 0 fully saturated rings. The van der Waals surface area contributed by atoms with Crippen molar-refractivity contribution >= 4 is 5.78 Å². The van der Waals surface area contributed by atoms with E-state index in [-0.39, 0.29) is 5.78 Å². The molecule has 0 aliphatic heterocycles. The summed E-state index contributed by atoms with van der Waals surface area (Å²) in [5.74, 6) is 0.756. The van der Waals surface area contributed by atoms with Gasteiger partial charge in [0, 0.05) is 13.1 Å². The lowest BCUT2D eigenvalue weighted by molar-refractivity contribution is 0.101. The quantitative estimate of drug-likeness (QED) is 0.358. The number of nitrogens with zero attached hydrogens (tertiary/aromatic N) is 2. The lowest BCUT2D eigenvalue weighted by atomic mass is 9.76. The summed E-state index contributed by atoms with van der Waals surface area (Å²) in [4.78, 5) is 16.6. The average molecular weight is 366 g/mol. The van der Waals surface area contributed by atoms with E-state index in [1.54, 1.807) is 6.92 Å². The summed E-state index contributed by atoms with van der Waals surface area (Å²) in [6, 6.07) is 31.1. The van der Waals surface area contributed by atoms with Crippen LogP contribution in [0.3, 0.4) is 0 Å². The standard InChI is InChI=1S/C25H22N2O/c1-19(28)24-18-27(20(2)26-24)25(21-12-6-3-7-13-21,22-14-8-4-9-15-22)23-16-10-5-11-17-23/h3-18H,1-2H3. The largest absolute Gasteiger partial charge is 0.316 e. The molecule has 0 aliphatic rings. The van der Waals surface area contributed by atoms with Crippen molar-refractivity contribution in [2.75, 3.05) is 0 Å². The van der Waals surface area contributed by atoms with E-state index >= 15 is 0 Å². The van der Waals surface area contributed by atoms with Gasteiger partial charge in [-0.05, 0) is 23.6 Å². The molecule has 0 unspecified atom stereocenters. The third-order valence-corrected chi connectivity index (χ3v) is 5.18. The molecule has 0 aliphatic carbocycles. The topological polar surface area (TPSA) is 34.9 Å². The minimum Gasteiger partial charge on any atom is -0.316 e. The van der Waals surface area contributed by atoms with Gasteiger partial charge in [0.1, 0.15) is 17.1 Å². The highest BCUT2D eigenvalue weighted by Gasteiger charge is 2.39. The molecule has 4 aromatic rings. The molecule has 0 saturated heterocycles. The molecule has 0 amide bonds. The molecule has 0 spiro atoms. The molecule has 1 heterocycles. The monoisotopic (exact) mass is 366 g/mol. The van der Waals surface area contributed by atoms with Gasteiger partial charge in [0.05, 0.1) is 0 Å². The van der Waals surface area contributed by atoms with Crippen LogP contribution in [0.25, 0.3) is 0 Å². The fourth-order valence-corrected chi connectivity index (χ4v) is 3.94. The Morgan fingerprint density at radius 3 is 1.46 bits per heavy atom. The van der Waals surface area contributed by atoms with E-state index in [0.29, 0.717) is 5.69 Å². The summed E-state index contributed by atoms with van der Waals surface area (Å²) in [5.41, 5.74) is 3.19. The first-order chi connectivity index (χ1) is 13.6. The maximum atomic E-state index is 12.1. The van der Waals surface area contributed by atoms with Gasteiger partial charge < -0.3 is 4.57 Å². The van der Waals surface area contributed by atoms with E-state index < -0.39 is 5.54 Å². The van der Waals surface area contributed by atoms with Crippen LogP contribution in [-0.2, 0) is 5.54 Å². The van der Waals surface area contributed by atoms with Crippen LogP contribution < -0.4 is 0 Å². The van der Waals surface area contributed by atoms with Crippen LogP contribution in [0.1, 0.15) is 39.9 Å². The first-order valence-electron chi connectivity index (χ1n) is 9.38. The minimum atomic E-state index is -0.630. The van der Waals surface area contributed by atoms with Gasteiger partial charge in [-0.15, -0.1) is 0 Å². The number of rotatable bonds is 5. The molecule has 3 heteroatoms. The third kappa shape index (κ3) is 2.85. The van der Waals surface area contributed by atoms with Crippen molar-refractivity contribution in [1.29, 1.82) is 0 Å². The molecule has 0 saturated carbocycles. The lowest BCUT2D eigenvalue weighted by Crippen LogP contribution is -2.38. The highest BCUT2D eigenvalue weighted by molar-refractivity contribution is 5.92. The predicted molar refractivity (Wildman–Crippen MR) is 112 cm³/mol. The Labute approximate surface area is 165 Å². The number of Topliss-reactive ketones (excluding diaryl/α,β-unsaturated/α-hetero) is 1. The van der Waals surface area contributed by atoms with E-state index in [9.17, 15) is 4.79 Å². The Morgan fingerprint density at radius 1 is 0.750 bits per heavy atom. The van der Waals surface area contributed by atoms with Crippen molar-refractivity contribution in [3.8, 4) is 0 Å². The number of hydrogen-bond acceptors (Lipinski definition) is 2. The molecule has 4 rings (SSSR count). The SMILES string of the molecule is CC(=O)c1cn(C(c2ccccc2)(c2ccccc2)c2ccccc2)c(C)n1. The molecule has 138 valence electrons. The second kappa shape index (κ2) is 7.28. The maximum absolute atomic E-state index is 12.1. The zero-order chi connectivity index (χ0) is 19.6. The average Bonchev–Trinajstić information content (AvgIpc) is 3.14. The van der Waals surface area contributed by atoms with E-state index in [4.69, 9.17) is 0 Å². The third-order valence-electron chi connectivity index (χ3n) is 5.18. The summed E-state index contributed by atoms with van der Waals surface area (Å²) >= 11 is 0. The second-order valence-corrected chi connectivity index (χ2v) is 6.91. The predicted octanol–water partition coefficient (Wildman–Crippen LogP) is 5.23. The molecule has 1 aromatic heterocycles. The summed E-state index contributed by atoms with van der Waals surface area (Å²) < 4.78 is 2.13. The van der Waals surface area contributed by atoms with Crippen molar-refractivity contribution in [2.24, 2.45) is 0 Å². The van der Waals surface area contributed by atoms with Crippen LogP contribution in [0.5, 0.6) is 0 Å². The molecule has 28 heavy (non-hydrogen) atoms. The highest BCUT2D eigenvalue weighted by atomic mass is 16.1. The summed E-state index contributed by atoms with van der Waals surface area (Å²) in [6.45, 7) is 3.51. The Morgan fingerprint density at radius 2 is 1.14 bits per heavy atom. The van der Waals surface area contributed by atoms with Crippen LogP contribution in [0.15, 0.2) is 97.2 Å². The first kappa shape index (κ1) is 17.9. The van der Waals surface area contributed by atoms with Crippen molar-refractivity contribution in [2.45, 2.75) is 19.4 Å². The summed E-state index contributed by atoms with van der Waals surface area (Å²) in [5, 5.41) is 0. The smallest absolute Gasteiger partial charge is 0.179 e. The minimum absolute atomic E-state index is 0.0371. The van der Waals surface area contributed by atoms with Gasteiger partial charge in [-0.2, -0.15) is 0 Å². The number of ketones is 1. The van der Waals surface area contributed by atoms with Gasteiger partial charge >= 0.3 is 0 Å². The highest BCUT2D eigenvalue weighted by Crippen LogP contribution is 2.41. The van der Waals surface area contributed by atoms with Crippen LogP contribution in [0.2, 0.25) is 0 Å². The second-order valence-electron chi connectivity index (χ2n) is 6.91. The molecule has 0 N–H and O–H groups in total. The van der Waals surface area contributed by atoms with Crippen LogP contribution in [0, 0.1) is 6.92 Å². The van der Waals surface area contributed by atoms with E-state index in [2.05, 4.69) is 45.9 Å². The molecule has 0 atom stereocenters. The van der Waals surface area contributed by atoms with E-state index in [0.717, 1.165) is 22.5 Å². The van der Waals surface area contributed by atoms with Crippen LogP contribution in [0.4, 0.5) is 0 Å². The number of aryl methyl sites for hydroxylation is 1. The number of carbonyl (C=O) groups excluding carboxylic acids is 1. The summed E-state index contributed by atoms with van der Waals surface area (Å²) in [6.07, 6.45) is 1.88. The number of carbonyl (C=O) groups is 1. The number of aromatic nitrogens is 2. The molecule has 3 nitrogen and oxygen atoms in total. The Bertz CT molecular complexity index is 987. The number of imidazole rings is 1. The fraction of sp³-hybridized carbons (Fsp3) is 0.120. The number of hydrogen-bond donors (Lipinski definition) is 0. The van der Waals surface area contributed by atoms with Crippen molar-refractivity contribution in [1.82, 2.24) is 9.55 Å². The van der Waals surface area contributed by atoms with E-state index in [1.807, 2.05) is 67.7 Å². The molecular formula is C25H22N2O.